The van der Waals surface area contributed by atoms with Crippen LogP contribution < -0.4 is 0 Å². The number of hydrogen-bond donors (Lipinski definition) is 0. The third-order valence-corrected chi connectivity index (χ3v) is 8.72. The Hall–Kier alpha value is -4.10. The highest BCUT2D eigenvalue weighted by Gasteiger charge is 2.18. The number of pyridine rings is 2. The maximum absolute atomic E-state index is 4.86. The van der Waals surface area contributed by atoms with Crippen LogP contribution in [0, 0.1) is 0 Å². The number of nitrogens with zero attached hydrogens (tertiary/aromatic N) is 5. The molecule has 0 saturated carbocycles. The van der Waals surface area contributed by atoms with Crippen molar-refractivity contribution in [2.75, 3.05) is 52.9 Å². The highest BCUT2D eigenvalue weighted by atomic mass is 16.3. The van der Waals surface area contributed by atoms with Gasteiger partial charge < -0.3 is 14.2 Å². The molecule has 1 unspecified atom stereocenters. The Balaban J connectivity index is 0.000000313. The van der Waals surface area contributed by atoms with E-state index in [1.807, 2.05) is 79.0 Å². The lowest BCUT2D eigenvalue weighted by Gasteiger charge is -2.24. The average molecular weight is 708 g/mol. The van der Waals surface area contributed by atoms with Crippen molar-refractivity contribution in [1.29, 1.82) is 0 Å². The summed E-state index contributed by atoms with van der Waals surface area (Å²) in [7, 11) is 2.20. The Morgan fingerprint density at radius 2 is 1.44 bits per heavy atom. The molecule has 3 aliphatic rings. The lowest BCUT2D eigenvalue weighted by Crippen LogP contribution is -2.29. The van der Waals surface area contributed by atoms with Gasteiger partial charge >= 0.3 is 0 Å². The molecular formula is C46H69N5O. The summed E-state index contributed by atoms with van der Waals surface area (Å²) in [5.41, 5.74) is 2.29. The zero-order chi connectivity index (χ0) is 37.9. The minimum Gasteiger partial charge on any atom is -0.465 e. The van der Waals surface area contributed by atoms with Crippen molar-refractivity contribution in [2.45, 2.75) is 76.7 Å². The van der Waals surface area contributed by atoms with Crippen molar-refractivity contribution >= 4 is 6.08 Å². The Kier molecular flexibility index (Phi) is 29.0. The summed E-state index contributed by atoms with van der Waals surface area (Å²) in [6.07, 6.45) is 32.2. The van der Waals surface area contributed by atoms with Gasteiger partial charge in [-0.1, -0.05) is 55.5 Å². The summed E-state index contributed by atoms with van der Waals surface area (Å²) in [4.78, 5) is 15.4. The van der Waals surface area contributed by atoms with Crippen LogP contribution in [0.4, 0.5) is 0 Å². The average Bonchev–Trinajstić information content (AvgIpc) is 3.99. The third-order valence-electron chi connectivity index (χ3n) is 8.72. The first kappa shape index (κ1) is 45.9. The van der Waals surface area contributed by atoms with Gasteiger partial charge in [-0.05, 0) is 140 Å². The summed E-state index contributed by atoms with van der Waals surface area (Å²) in [5, 5.41) is 0. The molecule has 1 atom stereocenters. The number of likely N-dealkylation sites (tertiary alicyclic amines) is 3. The Morgan fingerprint density at radius 1 is 0.712 bits per heavy atom. The first-order valence-corrected chi connectivity index (χ1v) is 19.1. The van der Waals surface area contributed by atoms with Crippen LogP contribution >= 0.6 is 0 Å². The van der Waals surface area contributed by atoms with E-state index in [1.165, 1.54) is 89.8 Å². The minimum absolute atomic E-state index is 0.794. The van der Waals surface area contributed by atoms with E-state index in [2.05, 4.69) is 71.2 Å². The standard InChI is InChI=1S/2C8H15N.2C8H9N.C8H15N.C6H6O/c1-3-5-8-6-4-7-9(8)2;1-2-6-9-7-4-3-5-8-9;1-2-5-8-6-3-4-7-9-8;1-2-4-8-5-3-6-9-7-8;1-2-3-6-9-7-4-5-8-9;1-2-6-4-3-5-7-6/h3,8H,1,4-7H2,2H3;2H,1,3-8H2;2-4,6-7H,1,5H2;2-3,5-7H,1,4H2;2H,1,3-8H2;2-5H,1H2. The Labute approximate surface area is 318 Å². The fourth-order valence-corrected chi connectivity index (χ4v) is 5.83. The van der Waals surface area contributed by atoms with Gasteiger partial charge in [0.05, 0.1) is 6.26 Å². The van der Waals surface area contributed by atoms with E-state index in [0.717, 1.165) is 49.7 Å². The molecule has 3 saturated heterocycles. The largest absolute Gasteiger partial charge is 0.465 e. The van der Waals surface area contributed by atoms with Crippen molar-refractivity contribution in [1.82, 2.24) is 24.7 Å². The van der Waals surface area contributed by atoms with Gasteiger partial charge in [-0.3, -0.25) is 14.9 Å². The zero-order valence-corrected chi connectivity index (χ0v) is 32.5. The minimum atomic E-state index is 0.794. The molecule has 6 nitrogen and oxygen atoms in total. The molecule has 3 aliphatic heterocycles. The fraction of sp³-hybridized carbons (Fsp3) is 0.435. The number of hydrogen-bond acceptors (Lipinski definition) is 6. The zero-order valence-electron chi connectivity index (χ0n) is 32.5. The SMILES string of the molecule is C=CCC1CCCN1C.C=CCCN1CCCC1.C=CCN1CCCCC1.C=CCc1ccccn1.C=CCc1cccnc1.C=Cc1ccco1. The monoisotopic (exact) mass is 708 g/mol. The highest BCUT2D eigenvalue weighted by molar-refractivity contribution is 5.38. The number of piperidine rings is 1. The summed E-state index contributed by atoms with van der Waals surface area (Å²) < 4.78 is 4.86. The van der Waals surface area contributed by atoms with Crippen molar-refractivity contribution in [2.24, 2.45) is 0 Å². The van der Waals surface area contributed by atoms with E-state index in [-0.39, 0.29) is 0 Å². The van der Waals surface area contributed by atoms with E-state index in [9.17, 15) is 0 Å². The molecule has 52 heavy (non-hydrogen) atoms. The second-order valence-corrected chi connectivity index (χ2v) is 13.0. The van der Waals surface area contributed by atoms with E-state index in [0.29, 0.717) is 0 Å². The van der Waals surface area contributed by atoms with Crippen molar-refractivity contribution in [3.05, 3.63) is 154 Å². The van der Waals surface area contributed by atoms with Gasteiger partial charge in [0.2, 0.25) is 0 Å². The van der Waals surface area contributed by atoms with Gasteiger partial charge in [-0.25, -0.2) is 0 Å². The van der Waals surface area contributed by atoms with Crippen molar-refractivity contribution in [3.63, 3.8) is 0 Å². The van der Waals surface area contributed by atoms with E-state index in [1.54, 1.807) is 24.7 Å². The molecule has 0 spiro atoms. The summed E-state index contributed by atoms with van der Waals surface area (Å²) in [6, 6.07) is 14.3. The Morgan fingerprint density at radius 3 is 1.94 bits per heavy atom. The molecule has 0 N–H and O–H groups in total. The smallest absolute Gasteiger partial charge is 0.126 e. The lowest BCUT2D eigenvalue weighted by molar-refractivity contribution is 0.251. The molecule has 0 aliphatic carbocycles. The number of allylic oxidation sites excluding steroid dienone is 2. The number of rotatable bonds is 12. The molecule has 6 heterocycles. The predicted octanol–water partition coefficient (Wildman–Crippen LogP) is 10.5. The summed E-state index contributed by atoms with van der Waals surface area (Å²) in [5.74, 6) is 0.819. The molecule has 3 fully saturated rings. The maximum atomic E-state index is 4.86. The van der Waals surface area contributed by atoms with Crippen LogP contribution in [0.3, 0.4) is 0 Å². The van der Waals surface area contributed by atoms with Gasteiger partial charge in [-0.2, -0.15) is 0 Å². The van der Waals surface area contributed by atoms with Crippen LogP contribution in [0.5, 0.6) is 0 Å². The van der Waals surface area contributed by atoms with Crippen molar-refractivity contribution < 1.29 is 4.42 Å². The number of furan rings is 1. The third kappa shape index (κ3) is 24.2. The Bertz CT molecular complexity index is 1230. The first-order valence-electron chi connectivity index (χ1n) is 19.1. The molecule has 3 aromatic rings. The lowest BCUT2D eigenvalue weighted by atomic mass is 10.1. The maximum Gasteiger partial charge on any atom is 0.126 e. The molecule has 284 valence electrons. The topological polar surface area (TPSA) is 48.6 Å². The van der Waals surface area contributed by atoms with Gasteiger partial charge in [0, 0.05) is 49.8 Å². The second kappa shape index (κ2) is 32.8. The summed E-state index contributed by atoms with van der Waals surface area (Å²) >= 11 is 0. The van der Waals surface area contributed by atoms with Gasteiger partial charge in [0.15, 0.2) is 0 Å². The second-order valence-electron chi connectivity index (χ2n) is 13.0. The molecular weight excluding hydrogens is 639 g/mol. The molecule has 0 amide bonds. The predicted molar refractivity (Wildman–Crippen MR) is 227 cm³/mol. The first-order chi connectivity index (χ1) is 25.5. The van der Waals surface area contributed by atoms with Gasteiger partial charge in [0.25, 0.3) is 0 Å². The molecule has 0 aromatic carbocycles. The molecule has 6 heteroatoms. The molecule has 0 bridgehead atoms. The molecule has 6 rings (SSSR count). The molecule has 3 aromatic heterocycles. The molecule has 0 radical (unpaired) electrons. The quantitative estimate of drug-likeness (QED) is 0.175. The van der Waals surface area contributed by atoms with Crippen LogP contribution in [0.2, 0.25) is 0 Å². The van der Waals surface area contributed by atoms with Gasteiger partial charge in [0.1, 0.15) is 5.76 Å². The van der Waals surface area contributed by atoms with Crippen LogP contribution in [0.15, 0.2) is 142 Å². The van der Waals surface area contributed by atoms with E-state index < -0.39 is 0 Å². The van der Waals surface area contributed by atoms with Crippen LogP contribution in [0.25, 0.3) is 6.08 Å². The van der Waals surface area contributed by atoms with E-state index in [4.69, 9.17) is 4.42 Å². The normalized spacial score (nSPS) is 16.5. The highest BCUT2D eigenvalue weighted by Crippen LogP contribution is 2.17. The summed E-state index contributed by atoms with van der Waals surface area (Å²) in [6.45, 7) is 30.7. The number of aromatic nitrogens is 2. The van der Waals surface area contributed by atoms with Crippen LogP contribution in [-0.2, 0) is 12.8 Å². The fourth-order valence-electron chi connectivity index (χ4n) is 5.83. The van der Waals surface area contributed by atoms with Crippen LogP contribution in [0.1, 0.15) is 74.8 Å². The van der Waals surface area contributed by atoms with E-state index >= 15 is 0 Å². The van der Waals surface area contributed by atoms with Crippen LogP contribution in [-0.4, -0.2) is 83.6 Å². The van der Waals surface area contributed by atoms with Gasteiger partial charge in [-0.15, -0.1) is 32.9 Å². The van der Waals surface area contributed by atoms with Crippen molar-refractivity contribution in [3.8, 4) is 0 Å².